The van der Waals surface area contributed by atoms with Gasteiger partial charge in [0.05, 0.1) is 25.1 Å². The van der Waals surface area contributed by atoms with Crippen molar-refractivity contribution in [3.8, 4) is 17.2 Å². The average Bonchev–Trinajstić information content (AvgIpc) is 2.75. The summed E-state index contributed by atoms with van der Waals surface area (Å²) in [6.45, 7) is 0. The van der Waals surface area contributed by atoms with Crippen molar-refractivity contribution in [3.05, 3.63) is 72.8 Å². The molecule has 0 saturated heterocycles. The van der Waals surface area contributed by atoms with Crippen LogP contribution in [0.5, 0.6) is 17.2 Å². The Morgan fingerprint density at radius 1 is 0.750 bits per heavy atom. The second kappa shape index (κ2) is 10.6. The van der Waals surface area contributed by atoms with Crippen molar-refractivity contribution < 1.29 is 40.7 Å². The Bertz CT molecular complexity index is 1050. The predicted octanol–water partition coefficient (Wildman–Crippen LogP) is 4.56. The van der Waals surface area contributed by atoms with E-state index in [4.69, 9.17) is 22.4 Å². The summed E-state index contributed by atoms with van der Waals surface area (Å²) in [7, 11) is -3.03. The number of rotatable bonds is 5. The van der Waals surface area contributed by atoms with Gasteiger partial charge >= 0.3 is 5.51 Å². The summed E-state index contributed by atoms with van der Waals surface area (Å²) in [5, 5.41) is 9.59. The number of alkyl halides is 3. The number of phenolic OH excluding ortho intramolecular Hbond substituents is 1. The zero-order valence-electron chi connectivity index (χ0n) is 16.9. The van der Waals surface area contributed by atoms with E-state index >= 15 is 0 Å². The Balaban J connectivity index is 0.000000390. The SMILES string of the molecule is COc1ccc([S+](c2ccc(O)cc2)c2ccc(OC)cc2)cc1.O=S(=O)([O-])C(F)(F)F. The molecular weight excluding hydrogens is 469 g/mol. The maximum atomic E-state index is 10.7. The summed E-state index contributed by atoms with van der Waals surface area (Å²) in [4.78, 5) is 3.52. The number of hydrogen-bond donors (Lipinski definition) is 1. The van der Waals surface area contributed by atoms with Crippen molar-refractivity contribution in [2.45, 2.75) is 20.2 Å². The summed E-state index contributed by atoms with van der Waals surface area (Å²) < 4.78 is 69.4. The highest BCUT2D eigenvalue weighted by Crippen LogP contribution is 2.33. The Hall–Kier alpha value is -2.89. The third-order valence-corrected chi connectivity index (χ3v) is 6.74. The smallest absolute Gasteiger partial charge is 0.485 e. The largest absolute Gasteiger partial charge is 0.741 e. The first kappa shape index (κ1) is 25.4. The lowest BCUT2D eigenvalue weighted by atomic mass is 10.3. The van der Waals surface area contributed by atoms with Crippen molar-refractivity contribution in [2.24, 2.45) is 0 Å². The van der Waals surface area contributed by atoms with Crippen molar-refractivity contribution in [2.75, 3.05) is 14.2 Å². The summed E-state index contributed by atoms with van der Waals surface area (Å²) in [6, 6.07) is 23.6. The minimum atomic E-state index is -6.09. The summed E-state index contributed by atoms with van der Waals surface area (Å²) >= 11 is 0. The molecule has 3 rings (SSSR count). The van der Waals surface area contributed by atoms with E-state index in [0.717, 1.165) is 16.4 Å². The molecule has 0 amide bonds. The molecule has 0 fully saturated rings. The molecule has 32 heavy (non-hydrogen) atoms. The quantitative estimate of drug-likeness (QED) is 0.322. The molecule has 3 aromatic rings. The van der Waals surface area contributed by atoms with Crippen LogP contribution in [0.25, 0.3) is 0 Å². The van der Waals surface area contributed by atoms with Gasteiger partial charge < -0.3 is 19.1 Å². The standard InChI is InChI=1S/C20H18O3S.CHF3O3S/c1-22-16-5-11-19(12-6-16)24(18-9-3-15(21)4-10-18)20-13-7-17(23-2)8-14-20;2-1(3,4)8(5,6)7/h3-14H,1-2H3;(H,5,6,7). The Labute approximate surface area is 186 Å². The highest BCUT2D eigenvalue weighted by molar-refractivity contribution is 7.97. The Morgan fingerprint density at radius 2 is 1.03 bits per heavy atom. The number of phenols is 1. The van der Waals surface area contributed by atoms with Crippen LogP contribution in [-0.4, -0.2) is 37.8 Å². The second-order valence-corrected chi connectivity index (χ2v) is 9.45. The topological polar surface area (TPSA) is 95.9 Å². The van der Waals surface area contributed by atoms with E-state index in [-0.39, 0.29) is 16.6 Å². The minimum absolute atomic E-state index is 0.266. The molecule has 3 aromatic carbocycles. The van der Waals surface area contributed by atoms with Crippen molar-refractivity contribution in [3.63, 3.8) is 0 Å². The number of methoxy groups -OCH3 is 2. The normalized spacial score (nSPS) is 11.5. The van der Waals surface area contributed by atoms with E-state index in [9.17, 15) is 18.3 Å². The van der Waals surface area contributed by atoms with Gasteiger partial charge in [-0.25, -0.2) is 8.42 Å². The second-order valence-electron chi connectivity index (χ2n) is 6.05. The van der Waals surface area contributed by atoms with Gasteiger partial charge in [-0.1, -0.05) is 0 Å². The van der Waals surface area contributed by atoms with Gasteiger partial charge in [0.15, 0.2) is 24.8 Å². The Kier molecular flexibility index (Phi) is 8.42. The van der Waals surface area contributed by atoms with Crippen molar-refractivity contribution in [1.29, 1.82) is 0 Å². The molecule has 0 spiro atoms. The number of ether oxygens (including phenoxy) is 2. The molecule has 6 nitrogen and oxygen atoms in total. The molecular formula is C21H19F3O6S2. The number of benzene rings is 3. The van der Waals surface area contributed by atoms with Crippen LogP contribution in [0.1, 0.15) is 0 Å². The molecule has 0 bridgehead atoms. The van der Waals surface area contributed by atoms with Gasteiger partial charge in [-0.2, -0.15) is 13.2 Å². The van der Waals surface area contributed by atoms with Crippen LogP contribution in [0.15, 0.2) is 87.5 Å². The molecule has 0 aromatic heterocycles. The summed E-state index contributed by atoms with van der Waals surface area (Å²) in [5.41, 5.74) is -5.65. The molecule has 0 aliphatic heterocycles. The van der Waals surface area contributed by atoms with Crippen LogP contribution in [0.2, 0.25) is 0 Å². The van der Waals surface area contributed by atoms with Gasteiger partial charge in [-0.3, -0.25) is 0 Å². The van der Waals surface area contributed by atoms with E-state index in [1.807, 2.05) is 36.4 Å². The lowest BCUT2D eigenvalue weighted by Gasteiger charge is -2.09. The first-order valence-corrected chi connectivity index (χ1v) is 11.4. The van der Waals surface area contributed by atoms with Crippen LogP contribution in [-0.2, 0) is 21.0 Å². The fourth-order valence-electron chi connectivity index (χ4n) is 2.41. The third-order valence-electron chi connectivity index (χ3n) is 3.95. The lowest BCUT2D eigenvalue weighted by molar-refractivity contribution is -0.0517. The third kappa shape index (κ3) is 6.81. The van der Waals surface area contributed by atoms with E-state index in [1.54, 1.807) is 26.4 Å². The zero-order valence-corrected chi connectivity index (χ0v) is 18.5. The lowest BCUT2D eigenvalue weighted by Crippen LogP contribution is -2.21. The van der Waals surface area contributed by atoms with Crippen molar-refractivity contribution in [1.82, 2.24) is 0 Å². The number of aromatic hydroxyl groups is 1. The zero-order chi connectivity index (χ0) is 23.9. The maximum Gasteiger partial charge on any atom is 0.485 e. The summed E-state index contributed by atoms with van der Waals surface area (Å²) in [6.07, 6.45) is 0. The van der Waals surface area contributed by atoms with Gasteiger partial charge in [0.25, 0.3) is 0 Å². The molecule has 0 saturated carbocycles. The van der Waals surface area contributed by atoms with Gasteiger partial charge in [0.2, 0.25) is 0 Å². The molecule has 1 N–H and O–H groups in total. The molecule has 0 unspecified atom stereocenters. The van der Waals surface area contributed by atoms with Gasteiger partial charge in [0.1, 0.15) is 17.2 Å². The average molecular weight is 489 g/mol. The number of hydrogen-bond acceptors (Lipinski definition) is 6. The molecule has 0 heterocycles. The first-order valence-electron chi connectivity index (χ1n) is 8.80. The summed E-state index contributed by atoms with van der Waals surface area (Å²) in [5.74, 6) is 1.94. The van der Waals surface area contributed by atoms with E-state index in [1.165, 1.54) is 9.79 Å². The molecule has 0 atom stereocenters. The fourth-order valence-corrected chi connectivity index (χ4v) is 4.46. The predicted molar refractivity (Wildman–Crippen MR) is 112 cm³/mol. The highest BCUT2D eigenvalue weighted by atomic mass is 32.2. The van der Waals surface area contributed by atoms with Gasteiger partial charge in [-0.05, 0) is 72.8 Å². The van der Waals surface area contributed by atoms with Crippen LogP contribution >= 0.6 is 0 Å². The molecule has 0 radical (unpaired) electrons. The molecule has 11 heteroatoms. The molecule has 0 aliphatic rings. The van der Waals surface area contributed by atoms with Crippen molar-refractivity contribution >= 4 is 21.0 Å². The molecule has 172 valence electrons. The van der Waals surface area contributed by atoms with Crippen LogP contribution in [0.4, 0.5) is 13.2 Å². The maximum absolute atomic E-state index is 10.7. The van der Waals surface area contributed by atoms with E-state index in [0.29, 0.717) is 0 Å². The van der Waals surface area contributed by atoms with Crippen LogP contribution in [0.3, 0.4) is 0 Å². The van der Waals surface area contributed by atoms with E-state index < -0.39 is 15.6 Å². The first-order chi connectivity index (χ1) is 15.0. The van der Waals surface area contributed by atoms with E-state index in [2.05, 4.69) is 24.3 Å². The molecule has 0 aliphatic carbocycles. The Morgan fingerprint density at radius 3 is 1.28 bits per heavy atom. The monoisotopic (exact) mass is 488 g/mol. The van der Waals surface area contributed by atoms with Gasteiger partial charge in [-0.15, -0.1) is 0 Å². The minimum Gasteiger partial charge on any atom is -0.741 e. The fraction of sp³-hybridized carbons (Fsp3) is 0.143. The van der Waals surface area contributed by atoms with Crippen LogP contribution < -0.4 is 9.47 Å². The number of halogens is 3. The highest BCUT2D eigenvalue weighted by Gasteiger charge is 2.37. The van der Waals surface area contributed by atoms with Gasteiger partial charge in [0, 0.05) is 0 Å². The van der Waals surface area contributed by atoms with Crippen LogP contribution in [0, 0.1) is 0 Å².